The molecule has 1 spiro atoms. The molecule has 2 aliphatic heterocycles. The Morgan fingerprint density at radius 2 is 1.79 bits per heavy atom. The average Bonchev–Trinajstić information content (AvgIpc) is 3.55. The molecule has 8 nitrogen and oxygen atoms in total. The summed E-state index contributed by atoms with van der Waals surface area (Å²) in [7, 11) is -1.62. The minimum Gasteiger partial charge on any atom is -0.482 e. The molecule has 3 aliphatic rings. The van der Waals surface area contributed by atoms with E-state index in [0.717, 1.165) is 35.4 Å². The largest absolute Gasteiger partial charge is 0.482 e. The van der Waals surface area contributed by atoms with E-state index in [2.05, 4.69) is 4.72 Å². The fourth-order valence-electron chi connectivity index (χ4n) is 4.93. The molecule has 3 heterocycles. The summed E-state index contributed by atoms with van der Waals surface area (Å²) in [5.41, 5.74) is 2.98. The lowest BCUT2D eigenvalue weighted by Crippen LogP contribution is -2.49. The Kier molecular flexibility index (Phi) is 4.82. The number of nitrogens with one attached hydrogen (secondary N) is 1. The molecule has 1 N–H and O–H groups in total. The Morgan fingerprint density at radius 1 is 1.09 bits per heavy atom. The Hall–Kier alpha value is -3.17. The fraction of sp³-hybridized carbons (Fsp3) is 0.360. The molecule has 0 atom stereocenters. The number of carbonyl (C=O) groups excluding carboxylic acids is 1. The summed E-state index contributed by atoms with van der Waals surface area (Å²) in [6.07, 6.45) is 5.09. The van der Waals surface area contributed by atoms with E-state index in [9.17, 15) is 13.2 Å². The van der Waals surface area contributed by atoms with Crippen LogP contribution in [-0.4, -0.2) is 48.1 Å². The van der Waals surface area contributed by atoms with Gasteiger partial charge in [0.05, 0.1) is 4.90 Å². The number of para-hydroxylation sites is 1. The van der Waals surface area contributed by atoms with Crippen LogP contribution in [0.5, 0.6) is 5.75 Å². The van der Waals surface area contributed by atoms with Gasteiger partial charge in [0.15, 0.2) is 0 Å². The zero-order valence-electron chi connectivity index (χ0n) is 18.9. The minimum absolute atomic E-state index is 0.0429. The molecule has 1 amide bonds. The van der Waals surface area contributed by atoms with Gasteiger partial charge in [0.25, 0.3) is 5.91 Å². The highest BCUT2D eigenvalue weighted by molar-refractivity contribution is 7.89. The number of aromatic nitrogens is 2. The Morgan fingerprint density at radius 3 is 2.50 bits per heavy atom. The summed E-state index contributed by atoms with van der Waals surface area (Å²) in [6.45, 7) is 1.08. The number of piperidine rings is 1. The molecular weight excluding hydrogens is 452 g/mol. The third-order valence-corrected chi connectivity index (χ3v) is 8.47. The molecule has 3 aromatic rings. The third kappa shape index (κ3) is 3.59. The maximum absolute atomic E-state index is 13.2. The zero-order chi connectivity index (χ0) is 23.5. The second-order valence-electron chi connectivity index (χ2n) is 9.37. The van der Waals surface area contributed by atoms with Gasteiger partial charge >= 0.3 is 0 Å². The van der Waals surface area contributed by atoms with Gasteiger partial charge in [-0.2, -0.15) is 5.10 Å². The van der Waals surface area contributed by atoms with E-state index in [4.69, 9.17) is 9.84 Å². The number of sulfonamides is 1. The first-order chi connectivity index (χ1) is 16.3. The van der Waals surface area contributed by atoms with Gasteiger partial charge in [-0.25, -0.2) is 13.1 Å². The maximum atomic E-state index is 13.2. The fourth-order valence-corrected chi connectivity index (χ4v) is 6.23. The summed E-state index contributed by atoms with van der Waals surface area (Å²) in [5.74, 6) is 0.724. The van der Waals surface area contributed by atoms with E-state index in [1.807, 2.05) is 47.1 Å². The summed E-state index contributed by atoms with van der Waals surface area (Å²) in [6, 6.07) is 14.2. The molecule has 1 saturated carbocycles. The van der Waals surface area contributed by atoms with Crippen LogP contribution >= 0.6 is 0 Å². The van der Waals surface area contributed by atoms with Crippen LogP contribution in [0, 0.1) is 0 Å². The number of fused-ring (bicyclic) bond motifs is 4. The van der Waals surface area contributed by atoms with Crippen molar-refractivity contribution in [2.24, 2.45) is 7.05 Å². The number of ether oxygens (including phenoxy) is 1. The smallest absolute Gasteiger partial charge is 0.253 e. The van der Waals surface area contributed by atoms with Crippen LogP contribution in [0.4, 0.5) is 0 Å². The maximum Gasteiger partial charge on any atom is 0.253 e. The van der Waals surface area contributed by atoms with Crippen molar-refractivity contribution in [1.82, 2.24) is 19.4 Å². The van der Waals surface area contributed by atoms with Crippen molar-refractivity contribution in [3.05, 3.63) is 65.9 Å². The van der Waals surface area contributed by atoms with E-state index >= 15 is 0 Å². The van der Waals surface area contributed by atoms with Gasteiger partial charge in [-0.05, 0) is 49.2 Å². The Bertz CT molecular complexity index is 1370. The molecule has 1 saturated heterocycles. The van der Waals surface area contributed by atoms with Crippen LogP contribution in [0.3, 0.4) is 0 Å². The first kappa shape index (κ1) is 21.4. The highest BCUT2D eigenvalue weighted by Gasteiger charge is 2.45. The van der Waals surface area contributed by atoms with Gasteiger partial charge in [-0.1, -0.05) is 12.1 Å². The van der Waals surface area contributed by atoms with Crippen molar-refractivity contribution in [2.75, 3.05) is 13.1 Å². The lowest BCUT2D eigenvalue weighted by molar-refractivity contribution is -0.00166. The Balaban J connectivity index is 1.19. The molecule has 2 fully saturated rings. The number of nitrogens with zero attached hydrogens (tertiary/aromatic N) is 3. The van der Waals surface area contributed by atoms with Crippen molar-refractivity contribution >= 4 is 15.9 Å². The number of hydrogen-bond acceptors (Lipinski definition) is 5. The van der Waals surface area contributed by atoms with Crippen molar-refractivity contribution in [2.45, 2.75) is 42.2 Å². The van der Waals surface area contributed by atoms with Gasteiger partial charge in [0.1, 0.15) is 17.0 Å². The summed E-state index contributed by atoms with van der Waals surface area (Å²) in [4.78, 5) is 15.2. The van der Waals surface area contributed by atoms with Crippen molar-refractivity contribution in [3.8, 4) is 17.0 Å². The molecule has 0 bridgehead atoms. The molecule has 1 aliphatic carbocycles. The SMILES string of the molecule is Cn1cc2c(n1)-c1ccccc1OC21CCN(C(=O)c2ccc(S(=O)(=O)NC3CC3)cc2)CC1. The molecule has 1 aromatic heterocycles. The van der Waals surface area contributed by atoms with Crippen molar-refractivity contribution < 1.29 is 17.9 Å². The molecular formula is C25H26N4O4S. The van der Waals surface area contributed by atoms with E-state index in [0.29, 0.717) is 31.5 Å². The zero-order valence-corrected chi connectivity index (χ0v) is 19.7. The van der Waals surface area contributed by atoms with Crippen molar-refractivity contribution in [1.29, 1.82) is 0 Å². The minimum atomic E-state index is -3.53. The number of amides is 1. The lowest BCUT2D eigenvalue weighted by atomic mass is 9.81. The predicted molar refractivity (Wildman–Crippen MR) is 126 cm³/mol. The number of rotatable bonds is 4. The van der Waals surface area contributed by atoms with Gasteiger partial charge in [0.2, 0.25) is 10.0 Å². The van der Waals surface area contributed by atoms with E-state index < -0.39 is 15.6 Å². The monoisotopic (exact) mass is 478 g/mol. The standard InChI is InChI=1S/C25H26N4O4S/c1-28-16-21-23(26-28)20-4-2-3-5-22(20)33-25(21)12-14-29(15-13-25)24(30)17-6-10-19(11-7-17)34(31,32)27-18-8-9-18/h2-7,10-11,16,18,27H,8-9,12-15H2,1H3. The lowest BCUT2D eigenvalue weighted by Gasteiger charge is -2.44. The van der Waals surface area contributed by atoms with Crippen LogP contribution < -0.4 is 9.46 Å². The number of likely N-dealkylation sites (tertiary alicyclic amines) is 1. The van der Waals surface area contributed by atoms with E-state index in [1.165, 1.54) is 12.1 Å². The highest BCUT2D eigenvalue weighted by Crippen LogP contribution is 2.48. The number of benzene rings is 2. The Labute approximate surface area is 198 Å². The second kappa shape index (κ2) is 7.68. The molecule has 0 unspecified atom stereocenters. The highest BCUT2D eigenvalue weighted by atomic mass is 32.2. The second-order valence-corrected chi connectivity index (χ2v) is 11.1. The summed E-state index contributed by atoms with van der Waals surface area (Å²) < 4.78 is 35.8. The first-order valence-electron chi connectivity index (χ1n) is 11.6. The first-order valence-corrected chi connectivity index (χ1v) is 13.1. The van der Waals surface area contributed by atoms with Crippen LogP contribution in [-0.2, 0) is 22.7 Å². The van der Waals surface area contributed by atoms with Crippen LogP contribution in [0.2, 0.25) is 0 Å². The average molecular weight is 479 g/mol. The quantitative estimate of drug-likeness (QED) is 0.622. The van der Waals surface area contributed by atoms with Gasteiger partial charge < -0.3 is 9.64 Å². The van der Waals surface area contributed by atoms with Gasteiger partial charge in [-0.3, -0.25) is 9.48 Å². The summed E-state index contributed by atoms with van der Waals surface area (Å²) in [5, 5.41) is 4.70. The summed E-state index contributed by atoms with van der Waals surface area (Å²) >= 11 is 0. The van der Waals surface area contributed by atoms with Crippen molar-refractivity contribution in [3.63, 3.8) is 0 Å². The number of carbonyl (C=O) groups is 1. The normalized spacial score (nSPS) is 18.8. The molecule has 6 rings (SSSR count). The van der Waals surface area contributed by atoms with Gasteiger partial charge in [0, 0.05) is 61.9 Å². The van der Waals surface area contributed by atoms with Crippen LogP contribution in [0.15, 0.2) is 59.6 Å². The molecule has 0 radical (unpaired) electrons. The topological polar surface area (TPSA) is 93.5 Å². The van der Waals surface area contributed by atoms with Crippen LogP contribution in [0.1, 0.15) is 41.6 Å². The number of aryl methyl sites for hydroxylation is 1. The van der Waals surface area contributed by atoms with E-state index in [-0.39, 0.29) is 16.8 Å². The molecule has 2 aromatic carbocycles. The van der Waals surface area contributed by atoms with Gasteiger partial charge in [-0.15, -0.1) is 0 Å². The third-order valence-electron chi connectivity index (χ3n) is 6.94. The molecule has 34 heavy (non-hydrogen) atoms. The molecule has 176 valence electrons. The van der Waals surface area contributed by atoms with E-state index in [1.54, 1.807) is 12.1 Å². The number of hydrogen-bond donors (Lipinski definition) is 1. The van der Waals surface area contributed by atoms with Crippen LogP contribution in [0.25, 0.3) is 11.3 Å². The molecule has 9 heteroatoms. The predicted octanol–water partition coefficient (Wildman–Crippen LogP) is 3.05.